The molecule has 0 amide bonds. The van der Waals surface area contributed by atoms with Gasteiger partial charge in [-0.1, -0.05) is 0 Å². The highest BCUT2D eigenvalue weighted by molar-refractivity contribution is 4.72. The van der Waals surface area contributed by atoms with Crippen LogP contribution in [0.4, 0.5) is 0 Å². The van der Waals surface area contributed by atoms with Gasteiger partial charge in [0.15, 0.2) is 0 Å². The fraction of sp³-hybridized carbons (Fsp3) is 1.00. The molecule has 0 radical (unpaired) electrons. The molecule has 0 aromatic carbocycles. The van der Waals surface area contributed by atoms with Crippen LogP contribution >= 0.6 is 0 Å². The van der Waals surface area contributed by atoms with Crippen molar-refractivity contribution in [3.63, 3.8) is 0 Å². The Morgan fingerprint density at radius 3 is 2.40 bits per heavy atom. The quantitative estimate of drug-likeness (QED) is 0.652. The number of methoxy groups -OCH3 is 2. The van der Waals surface area contributed by atoms with Crippen molar-refractivity contribution in [2.45, 2.75) is 31.9 Å². The minimum Gasteiger partial charge on any atom is -0.383 e. The Morgan fingerprint density at radius 1 is 1.33 bits per heavy atom. The molecule has 0 heterocycles. The van der Waals surface area contributed by atoms with Crippen LogP contribution in [0.1, 0.15) is 20.3 Å². The van der Waals surface area contributed by atoms with E-state index in [0.717, 1.165) is 19.5 Å². The van der Waals surface area contributed by atoms with E-state index in [1.54, 1.807) is 14.2 Å². The first kappa shape index (κ1) is 14.8. The highest BCUT2D eigenvalue weighted by atomic mass is 16.5. The molecule has 0 aromatic rings. The monoisotopic (exact) mass is 218 g/mol. The maximum absolute atomic E-state index is 5.86. The molecule has 92 valence electrons. The Balaban J connectivity index is 3.69. The van der Waals surface area contributed by atoms with Crippen LogP contribution in [0.3, 0.4) is 0 Å². The lowest BCUT2D eigenvalue weighted by Crippen LogP contribution is -2.40. The standard InChI is InChI=1S/C11H26N2O2/c1-11(2,15-5)6-7-13(3)8-10(12)9-14-4/h10H,6-9,12H2,1-5H3. The van der Waals surface area contributed by atoms with E-state index in [1.807, 2.05) is 0 Å². The van der Waals surface area contributed by atoms with Crippen molar-refractivity contribution in [2.24, 2.45) is 5.73 Å². The molecule has 0 saturated carbocycles. The van der Waals surface area contributed by atoms with Gasteiger partial charge in [-0.3, -0.25) is 0 Å². The third-order valence-corrected chi connectivity index (χ3v) is 2.58. The number of hydrogen-bond donors (Lipinski definition) is 1. The zero-order chi connectivity index (χ0) is 11.9. The van der Waals surface area contributed by atoms with E-state index < -0.39 is 0 Å². The molecule has 15 heavy (non-hydrogen) atoms. The fourth-order valence-electron chi connectivity index (χ4n) is 1.32. The topological polar surface area (TPSA) is 47.7 Å². The van der Waals surface area contributed by atoms with Crippen LogP contribution in [0, 0.1) is 0 Å². The molecule has 0 aliphatic carbocycles. The first-order chi connectivity index (χ1) is 6.91. The first-order valence-corrected chi connectivity index (χ1v) is 5.39. The fourth-order valence-corrected chi connectivity index (χ4v) is 1.32. The van der Waals surface area contributed by atoms with E-state index in [1.165, 1.54) is 0 Å². The third-order valence-electron chi connectivity index (χ3n) is 2.58. The molecule has 0 aliphatic heterocycles. The second-order valence-corrected chi connectivity index (χ2v) is 4.69. The predicted molar refractivity (Wildman–Crippen MR) is 63.1 cm³/mol. The summed E-state index contributed by atoms with van der Waals surface area (Å²) >= 11 is 0. The maximum atomic E-state index is 5.86. The lowest BCUT2D eigenvalue weighted by atomic mass is 10.1. The Morgan fingerprint density at radius 2 is 1.93 bits per heavy atom. The normalized spacial score (nSPS) is 14.6. The number of rotatable bonds is 8. The number of ether oxygens (including phenoxy) is 2. The lowest BCUT2D eigenvalue weighted by molar-refractivity contribution is 0.00838. The van der Waals surface area contributed by atoms with Crippen molar-refractivity contribution >= 4 is 0 Å². The molecule has 0 aliphatic rings. The zero-order valence-electron chi connectivity index (χ0n) is 10.7. The SMILES string of the molecule is COCC(N)CN(C)CCC(C)(C)OC. The van der Waals surface area contributed by atoms with E-state index in [4.69, 9.17) is 15.2 Å². The van der Waals surface area contributed by atoms with Gasteiger partial charge >= 0.3 is 0 Å². The Bertz CT molecular complexity index is 163. The van der Waals surface area contributed by atoms with E-state index in [-0.39, 0.29) is 11.6 Å². The Kier molecular flexibility index (Phi) is 7.09. The van der Waals surface area contributed by atoms with Crippen LogP contribution in [-0.4, -0.2) is 57.5 Å². The number of likely N-dealkylation sites (N-methyl/N-ethyl adjacent to an activating group) is 1. The van der Waals surface area contributed by atoms with E-state index in [2.05, 4.69) is 25.8 Å². The summed E-state index contributed by atoms with van der Waals surface area (Å²) in [6.45, 7) is 6.63. The van der Waals surface area contributed by atoms with Gasteiger partial charge in [-0.05, 0) is 27.3 Å². The largest absolute Gasteiger partial charge is 0.383 e. The Labute approximate surface area is 93.7 Å². The Hall–Kier alpha value is -0.160. The molecule has 4 nitrogen and oxygen atoms in total. The van der Waals surface area contributed by atoms with Gasteiger partial charge in [0.05, 0.1) is 12.2 Å². The van der Waals surface area contributed by atoms with Crippen LogP contribution in [0.15, 0.2) is 0 Å². The van der Waals surface area contributed by atoms with Crippen LogP contribution in [0.25, 0.3) is 0 Å². The average molecular weight is 218 g/mol. The van der Waals surface area contributed by atoms with Crippen LogP contribution in [0.2, 0.25) is 0 Å². The first-order valence-electron chi connectivity index (χ1n) is 5.39. The molecule has 4 heteroatoms. The summed E-state index contributed by atoms with van der Waals surface area (Å²) in [5.41, 5.74) is 5.80. The van der Waals surface area contributed by atoms with Gasteiger partial charge in [0.1, 0.15) is 0 Å². The third kappa shape index (κ3) is 7.73. The number of nitrogens with zero attached hydrogens (tertiary/aromatic N) is 1. The molecule has 0 spiro atoms. The molecule has 1 atom stereocenters. The second kappa shape index (κ2) is 7.17. The summed E-state index contributed by atoms with van der Waals surface area (Å²) in [5.74, 6) is 0. The average Bonchev–Trinajstić information content (AvgIpc) is 2.15. The maximum Gasteiger partial charge on any atom is 0.0634 e. The van der Waals surface area contributed by atoms with Gasteiger partial charge < -0.3 is 20.1 Å². The zero-order valence-corrected chi connectivity index (χ0v) is 10.7. The molecule has 0 saturated heterocycles. The lowest BCUT2D eigenvalue weighted by Gasteiger charge is -2.27. The van der Waals surface area contributed by atoms with Gasteiger partial charge in [0.25, 0.3) is 0 Å². The van der Waals surface area contributed by atoms with Gasteiger partial charge in [-0.2, -0.15) is 0 Å². The summed E-state index contributed by atoms with van der Waals surface area (Å²) in [6.07, 6.45) is 1.000. The van der Waals surface area contributed by atoms with E-state index in [9.17, 15) is 0 Å². The summed E-state index contributed by atoms with van der Waals surface area (Å²) < 4.78 is 10.4. The van der Waals surface area contributed by atoms with Gasteiger partial charge in [-0.15, -0.1) is 0 Å². The van der Waals surface area contributed by atoms with Crippen LogP contribution < -0.4 is 5.73 Å². The molecular weight excluding hydrogens is 192 g/mol. The summed E-state index contributed by atoms with van der Waals surface area (Å²) in [6, 6.07) is 0.0886. The summed E-state index contributed by atoms with van der Waals surface area (Å²) in [4.78, 5) is 2.21. The van der Waals surface area contributed by atoms with Gasteiger partial charge in [0, 0.05) is 33.4 Å². The van der Waals surface area contributed by atoms with E-state index >= 15 is 0 Å². The van der Waals surface area contributed by atoms with Gasteiger partial charge in [-0.25, -0.2) is 0 Å². The van der Waals surface area contributed by atoms with Gasteiger partial charge in [0.2, 0.25) is 0 Å². The van der Waals surface area contributed by atoms with Crippen LogP contribution in [0.5, 0.6) is 0 Å². The highest BCUT2D eigenvalue weighted by Gasteiger charge is 2.17. The number of nitrogens with two attached hydrogens (primary N) is 1. The molecule has 0 bridgehead atoms. The highest BCUT2D eigenvalue weighted by Crippen LogP contribution is 2.12. The van der Waals surface area contributed by atoms with Crippen molar-refractivity contribution in [1.82, 2.24) is 4.90 Å². The summed E-state index contributed by atoms with van der Waals surface area (Å²) in [7, 11) is 5.49. The molecule has 0 aromatic heterocycles. The second-order valence-electron chi connectivity index (χ2n) is 4.69. The van der Waals surface area contributed by atoms with Crippen molar-refractivity contribution in [3.05, 3.63) is 0 Å². The smallest absolute Gasteiger partial charge is 0.0634 e. The number of hydrogen-bond acceptors (Lipinski definition) is 4. The molecule has 2 N–H and O–H groups in total. The minimum atomic E-state index is -0.0559. The molecule has 0 rings (SSSR count). The molecular formula is C11H26N2O2. The van der Waals surface area contributed by atoms with Crippen molar-refractivity contribution in [3.8, 4) is 0 Å². The molecule has 1 unspecified atom stereocenters. The van der Waals surface area contributed by atoms with Crippen molar-refractivity contribution < 1.29 is 9.47 Å². The summed E-state index contributed by atoms with van der Waals surface area (Å²) in [5, 5.41) is 0. The van der Waals surface area contributed by atoms with Crippen molar-refractivity contribution in [1.29, 1.82) is 0 Å². The van der Waals surface area contributed by atoms with E-state index in [0.29, 0.717) is 6.61 Å². The van der Waals surface area contributed by atoms with Crippen LogP contribution in [-0.2, 0) is 9.47 Å². The predicted octanol–water partition coefficient (Wildman–Crippen LogP) is 0.707. The van der Waals surface area contributed by atoms with Crippen molar-refractivity contribution in [2.75, 3.05) is 41.0 Å². The molecule has 0 fully saturated rings. The minimum absolute atomic E-state index is 0.0559.